The number of carbonyl (C=O) groups excluding carboxylic acids is 2. The average Bonchev–Trinajstić information content (AvgIpc) is 2.90. The number of nitrogens with two attached hydrogens (primary N) is 1. The molecular formula is C28H29ClN4O3S. The number of anilines is 3. The molecule has 1 heterocycles. The first kappa shape index (κ1) is 26.6. The first-order valence-electron chi connectivity index (χ1n) is 11.9. The third-order valence-corrected chi connectivity index (χ3v) is 7.65. The Balaban J connectivity index is 1.46. The zero-order valence-corrected chi connectivity index (χ0v) is 21.8. The van der Waals surface area contributed by atoms with Gasteiger partial charge in [-0.05, 0) is 53.6 Å². The maximum Gasteiger partial charge on any atom is 0.248 e. The average molecular weight is 537 g/mol. The summed E-state index contributed by atoms with van der Waals surface area (Å²) in [7, 11) is -0.791. The molecule has 1 saturated heterocycles. The fourth-order valence-electron chi connectivity index (χ4n) is 4.02. The second-order valence-electron chi connectivity index (χ2n) is 8.77. The normalized spacial score (nSPS) is 15.4. The van der Waals surface area contributed by atoms with Crippen molar-refractivity contribution in [1.29, 1.82) is 0 Å². The van der Waals surface area contributed by atoms with Crippen molar-refractivity contribution in [2.24, 2.45) is 0 Å². The van der Waals surface area contributed by atoms with Gasteiger partial charge >= 0.3 is 0 Å². The van der Waals surface area contributed by atoms with Crippen LogP contribution in [0.5, 0.6) is 0 Å². The Morgan fingerprint density at radius 1 is 0.973 bits per heavy atom. The first-order chi connectivity index (χ1) is 17.9. The van der Waals surface area contributed by atoms with E-state index in [1.54, 1.807) is 54.6 Å². The molecule has 0 bridgehead atoms. The van der Waals surface area contributed by atoms with Crippen LogP contribution in [0.1, 0.15) is 17.0 Å². The minimum atomic E-state index is -0.791. The lowest BCUT2D eigenvalue weighted by atomic mass is 9.96. The number of hydrogen-bond donors (Lipinski definition) is 3. The molecule has 0 spiro atoms. The van der Waals surface area contributed by atoms with Crippen LogP contribution in [0.3, 0.4) is 0 Å². The van der Waals surface area contributed by atoms with E-state index in [4.69, 9.17) is 17.3 Å². The van der Waals surface area contributed by atoms with E-state index in [0.717, 1.165) is 11.1 Å². The quantitative estimate of drug-likeness (QED) is 0.293. The molecule has 1 fully saturated rings. The van der Waals surface area contributed by atoms with Crippen molar-refractivity contribution in [1.82, 2.24) is 4.90 Å². The van der Waals surface area contributed by atoms with Gasteiger partial charge in [0.2, 0.25) is 11.8 Å². The number of halogens is 1. The summed E-state index contributed by atoms with van der Waals surface area (Å²) in [6.07, 6.45) is 3.15. The Morgan fingerprint density at radius 3 is 2.32 bits per heavy atom. The van der Waals surface area contributed by atoms with Crippen LogP contribution in [0.4, 0.5) is 17.1 Å². The number of nitrogen functional groups attached to an aromatic ring is 1. The highest BCUT2D eigenvalue weighted by atomic mass is 35.5. The van der Waals surface area contributed by atoms with Crippen LogP contribution in [0.15, 0.2) is 78.9 Å². The highest BCUT2D eigenvalue weighted by Crippen LogP contribution is 2.23. The van der Waals surface area contributed by atoms with E-state index in [2.05, 4.69) is 15.5 Å². The van der Waals surface area contributed by atoms with E-state index >= 15 is 0 Å². The second kappa shape index (κ2) is 12.7. The molecule has 0 aliphatic carbocycles. The van der Waals surface area contributed by atoms with Crippen LogP contribution in [-0.2, 0) is 20.4 Å². The summed E-state index contributed by atoms with van der Waals surface area (Å²) in [5.74, 6) is 0.393. The third-order valence-electron chi connectivity index (χ3n) is 6.12. The molecule has 0 aromatic heterocycles. The number of carbonyl (C=O) groups is 2. The van der Waals surface area contributed by atoms with Crippen molar-refractivity contribution in [3.63, 3.8) is 0 Å². The number of nitrogens with one attached hydrogen (secondary N) is 2. The fraction of sp³-hybridized carbons (Fsp3) is 0.214. The van der Waals surface area contributed by atoms with E-state index in [0.29, 0.717) is 53.2 Å². The van der Waals surface area contributed by atoms with Gasteiger partial charge in [0.25, 0.3) is 0 Å². The van der Waals surface area contributed by atoms with Crippen LogP contribution >= 0.6 is 11.6 Å². The zero-order chi connectivity index (χ0) is 26.2. The van der Waals surface area contributed by atoms with Crippen LogP contribution in [-0.4, -0.2) is 52.1 Å². The van der Waals surface area contributed by atoms with Crippen LogP contribution in [0.25, 0.3) is 6.08 Å². The summed E-state index contributed by atoms with van der Waals surface area (Å²) < 4.78 is 11.8. The van der Waals surface area contributed by atoms with E-state index in [9.17, 15) is 13.8 Å². The number of benzene rings is 3. The summed E-state index contributed by atoms with van der Waals surface area (Å²) in [5, 5.41) is 6.35. The van der Waals surface area contributed by atoms with Crippen molar-refractivity contribution < 1.29 is 13.8 Å². The molecule has 0 radical (unpaired) electrons. The molecular weight excluding hydrogens is 508 g/mol. The van der Waals surface area contributed by atoms with Crippen molar-refractivity contribution in [2.45, 2.75) is 5.92 Å². The van der Waals surface area contributed by atoms with Gasteiger partial charge < -0.3 is 21.3 Å². The molecule has 7 nitrogen and oxygen atoms in total. The minimum Gasteiger partial charge on any atom is -0.397 e. The summed E-state index contributed by atoms with van der Waals surface area (Å²) in [5.41, 5.74) is 9.29. The summed E-state index contributed by atoms with van der Waals surface area (Å²) in [6.45, 7) is 1.91. The smallest absolute Gasteiger partial charge is 0.248 e. The monoisotopic (exact) mass is 536 g/mol. The van der Waals surface area contributed by atoms with E-state index < -0.39 is 16.7 Å². The Bertz CT molecular complexity index is 1290. The van der Waals surface area contributed by atoms with Gasteiger partial charge in [0.05, 0.1) is 17.3 Å². The van der Waals surface area contributed by atoms with Crippen molar-refractivity contribution in [3.05, 3.63) is 95.0 Å². The topological polar surface area (TPSA) is 105 Å². The molecule has 0 saturated carbocycles. The predicted molar refractivity (Wildman–Crippen MR) is 152 cm³/mol. The molecule has 3 aromatic carbocycles. The van der Waals surface area contributed by atoms with Gasteiger partial charge in [-0.3, -0.25) is 13.8 Å². The summed E-state index contributed by atoms with van der Waals surface area (Å²) in [6, 6.07) is 21.6. The molecule has 37 heavy (non-hydrogen) atoms. The molecule has 1 atom stereocenters. The van der Waals surface area contributed by atoms with Crippen LogP contribution < -0.4 is 16.4 Å². The summed E-state index contributed by atoms with van der Waals surface area (Å²) >= 11 is 5.97. The van der Waals surface area contributed by atoms with Gasteiger partial charge in [0.15, 0.2) is 0 Å². The molecule has 9 heteroatoms. The molecule has 4 N–H and O–H groups in total. The van der Waals surface area contributed by atoms with E-state index in [1.165, 1.54) is 6.08 Å². The molecule has 1 unspecified atom stereocenters. The molecule has 1 aliphatic rings. The van der Waals surface area contributed by atoms with Gasteiger partial charge in [-0.15, -0.1) is 0 Å². The third kappa shape index (κ3) is 7.76. The van der Waals surface area contributed by atoms with Crippen molar-refractivity contribution >= 4 is 57.4 Å². The largest absolute Gasteiger partial charge is 0.397 e. The lowest BCUT2D eigenvalue weighted by Gasteiger charge is -2.30. The van der Waals surface area contributed by atoms with E-state index in [1.807, 2.05) is 24.3 Å². The number of hydrogen-bond acceptors (Lipinski definition) is 5. The van der Waals surface area contributed by atoms with Gasteiger partial charge in [0, 0.05) is 58.7 Å². The highest BCUT2D eigenvalue weighted by Gasteiger charge is 2.26. The number of nitrogens with zero attached hydrogens (tertiary/aromatic N) is 1. The highest BCUT2D eigenvalue weighted by molar-refractivity contribution is 7.85. The molecule has 2 amide bonds. The lowest BCUT2D eigenvalue weighted by Crippen LogP contribution is -2.42. The maximum absolute atomic E-state index is 13.3. The Labute approximate surface area is 224 Å². The summed E-state index contributed by atoms with van der Waals surface area (Å²) in [4.78, 5) is 27.8. The van der Waals surface area contributed by atoms with Crippen molar-refractivity contribution in [3.8, 4) is 0 Å². The second-order valence-corrected chi connectivity index (χ2v) is 10.9. The van der Waals surface area contributed by atoms with Gasteiger partial charge in [-0.1, -0.05) is 48.0 Å². The standard InChI is InChI=1S/C28H29ClN4O3S/c29-22-10-12-23(13-11-22)31-28(35)24(19-33-15-17-37(36)18-16-33)21-8-5-20(6-9-21)7-14-27(34)32-26-4-2-1-3-25(26)30/h1-14,24H,15-19,30H2,(H,31,35)(H,32,34). The molecule has 192 valence electrons. The fourth-order valence-corrected chi connectivity index (χ4v) is 5.27. The SMILES string of the molecule is Nc1ccccc1NC(=O)C=Cc1ccc(C(CN2CCS(=O)CC2)C(=O)Nc2ccc(Cl)cc2)cc1. The molecule has 1 aliphatic heterocycles. The van der Waals surface area contributed by atoms with Gasteiger partial charge in [0.1, 0.15) is 0 Å². The predicted octanol–water partition coefficient (Wildman–Crippen LogP) is 4.36. The number of para-hydroxylation sites is 2. The Morgan fingerprint density at radius 2 is 1.65 bits per heavy atom. The van der Waals surface area contributed by atoms with Crippen LogP contribution in [0.2, 0.25) is 5.02 Å². The van der Waals surface area contributed by atoms with E-state index in [-0.39, 0.29) is 11.8 Å². The van der Waals surface area contributed by atoms with Gasteiger partial charge in [-0.2, -0.15) is 0 Å². The minimum absolute atomic E-state index is 0.128. The number of rotatable bonds is 8. The lowest BCUT2D eigenvalue weighted by molar-refractivity contribution is -0.118. The zero-order valence-electron chi connectivity index (χ0n) is 20.2. The van der Waals surface area contributed by atoms with Crippen LogP contribution in [0, 0.1) is 0 Å². The molecule has 3 aromatic rings. The first-order valence-corrected chi connectivity index (χ1v) is 13.8. The molecule has 4 rings (SSSR count). The van der Waals surface area contributed by atoms with Crippen molar-refractivity contribution in [2.75, 3.05) is 47.5 Å². The maximum atomic E-state index is 13.3. The van der Waals surface area contributed by atoms with Gasteiger partial charge in [-0.25, -0.2) is 0 Å². The Kier molecular flexibility index (Phi) is 9.11. The Hall–Kier alpha value is -3.46. The number of amides is 2.